The first kappa shape index (κ1) is 28.2. The van der Waals surface area contributed by atoms with Gasteiger partial charge in [-0.05, 0) is 50.5 Å². The zero-order chi connectivity index (χ0) is 26.0. The molecular formula is C26H33BrN2O6. The third-order valence-corrected chi connectivity index (χ3v) is 5.33. The summed E-state index contributed by atoms with van der Waals surface area (Å²) in [5.41, 5.74) is 0.895. The van der Waals surface area contributed by atoms with E-state index in [4.69, 9.17) is 14.2 Å². The number of benzene rings is 2. The average Bonchev–Trinajstić information content (AvgIpc) is 2.76. The minimum Gasteiger partial charge on any atom is -0.444 e. The maximum Gasteiger partial charge on any atom is 0.514 e. The number of rotatable bonds is 9. The Kier molecular flexibility index (Phi) is 10.6. The Morgan fingerprint density at radius 1 is 1.00 bits per heavy atom. The molecule has 0 bridgehead atoms. The molecule has 0 radical (unpaired) electrons. The second kappa shape index (κ2) is 13.1. The Morgan fingerprint density at radius 3 is 2.26 bits per heavy atom. The van der Waals surface area contributed by atoms with Crippen LogP contribution >= 0.6 is 15.9 Å². The fourth-order valence-electron chi connectivity index (χ4n) is 2.89. The van der Waals surface area contributed by atoms with Crippen LogP contribution in [-0.4, -0.2) is 36.3 Å². The van der Waals surface area contributed by atoms with Gasteiger partial charge in [0.15, 0.2) is 0 Å². The van der Waals surface area contributed by atoms with E-state index in [1.165, 1.54) is 0 Å². The first-order valence-corrected chi connectivity index (χ1v) is 12.2. The molecule has 2 aromatic carbocycles. The molecule has 0 aliphatic heterocycles. The summed E-state index contributed by atoms with van der Waals surface area (Å²) in [6, 6.07) is 13.2. The molecule has 1 atom stereocenters. The fourth-order valence-corrected chi connectivity index (χ4v) is 3.29. The van der Waals surface area contributed by atoms with Gasteiger partial charge >= 0.3 is 12.2 Å². The van der Waals surface area contributed by atoms with Crippen LogP contribution in [0, 0.1) is 5.92 Å². The lowest BCUT2D eigenvalue weighted by Gasteiger charge is -2.23. The van der Waals surface area contributed by atoms with Crippen molar-refractivity contribution >= 4 is 34.1 Å². The lowest BCUT2D eigenvalue weighted by Crippen LogP contribution is -2.49. The molecule has 190 valence electrons. The van der Waals surface area contributed by atoms with Crippen molar-refractivity contribution in [2.24, 2.45) is 5.92 Å². The minimum absolute atomic E-state index is 0.0713. The second-order valence-corrected chi connectivity index (χ2v) is 10.3. The summed E-state index contributed by atoms with van der Waals surface area (Å²) in [4.78, 5) is 37.0. The van der Waals surface area contributed by atoms with Crippen LogP contribution in [-0.2, 0) is 27.3 Å². The molecule has 8 nitrogen and oxygen atoms in total. The highest BCUT2D eigenvalue weighted by Crippen LogP contribution is 2.18. The number of alkyl carbamates (subject to hydrolysis) is 1. The Hall–Kier alpha value is -3.07. The number of hydrogen-bond acceptors (Lipinski definition) is 6. The number of nitrogens with one attached hydrogen (secondary N) is 2. The molecule has 0 spiro atoms. The van der Waals surface area contributed by atoms with E-state index in [2.05, 4.69) is 26.6 Å². The second-order valence-electron chi connectivity index (χ2n) is 9.42. The first-order chi connectivity index (χ1) is 16.4. The van der Waals surface area contributed by atoms with Gasteiger partial charge in [-0.1, -0.05) is 60.1 Å². The Balaban J connectivity index is 1.98. The van der Waals surface area contributed by atoms with Crippen LogP contribution in [0.15, 0.2) is 53.0 Å². The normalized spacial score (nSPS) is 12.0. The maximum absolute atomic E-state index is 12.7. The summed E-state index contributed by atoms with van der Waals surface area (Å²) in [5.74, 6) is 0.257. The maximum atomic E-state index is 12.7. The highest BCUT2D eigenvalue weighted by molar-refractivity contribution is 9.10. The molecule has 0 saturated heterocycles. The van der Waals surface area contributed by atoms with Crippen molar-refractivity contribution in [3.63, 3.8) is 0 Å². The summed E-state index contributed by atoms with van der Waals surface area (Å²) in [7, 11) is 0. The molecule has 2 rings (SSSR count). The van der Waals surface area contributed by atoms with Crippen LogP contribution in [0.4, 0.5) is 9.59 Å². The number of amides is 2. The van der Waals surface area contributed by atoms with Gasteiger partial charge in [0.05, 0.1) is 0 Å². The molecule has 2 N–H and O–H groups in total. The van der Waals surface area contributed by atoms with E-state index in [-0.39, 0.29) is 24.9 Å². The Labute approximate surface area is 214 Å². The molecule has 0 saturated carbocycles. The smallest absolute Gasteiger partial charge is 0.444 e. The molecule has 0 fully saturated rings. The summed E-state index contributed by atoms with van der Waals surface area (Å²) in [6.45, 7) is 9.79. The summed E-state index contributed by atoms with van der Waals surface area (Å²) in [6.07, 6.45) is -1.27. The van der Waals surface area contributed by atoms with Crippen LogP contribution in [0.5, 0.6) is 5.75 Å². The largest absolute Gasteiger partial charge is 0.514 e. The van der Waals surface area contributed by atoms with Gasteiger partial charge in [0, 0.05) is 23.0 Å². The van der Waals surface area contributed by atoms with Crippen LogP contribution in [0.25, 0.3) is 0 Å². The van der Waals surface area contributed by atoms with E-state index in [0.717, 1.165) is 15.6 Å². The van der Waals surface area contributed by atoms with Crippen molar-refractivity contribution < 1.29 is 28.6 Å². The molecular weight excluding hydrogens is 516 g/mol. The molecule has 2 aromatic rings. The number of ether oxygens (including phenoxy) is 3. The molecule has 0 aliphatic rings. The fraction of sp³-hybridized carbons (Fsp3) is 0.423. The van der Waals surface area contributed by atoms with Gasteiger partial charge in [-0.15, -0.1) is 0 Å². The lowest BCUT2D eigenvalue weighted by molar-refractivity contribution is -0.123. The van der Waals surface area contributed by atoms with Gasteiger partial charge in [0.2, 0.25) is 5.91 Å². The van der Waals surface area contributed by atoms with Crippen molar-refractivity contribution in [1.82, 2.24) is 10.6 Å². The van der Waals surface area contributed by atoms with Crippen molar-refractivity contribution in [2.75, 3.05) is 6.54 Å². The predicted octanol–water partition coefficient (Wildman–Crippen LogP) is 5.37. The van der Waals surface area contributed by atoms with Crippen LogP contribution in [0.1, 0.15) is 45.7 Å². The number of halogens is 1. The molecule has 0 heterocycles. The molecule has 0 aromatic heterocycles. The van der Waals surface area contributed by atoms with Crippen molar-refractivity contribution in [1.29, 1.82) is 0 Å². The Bertz CT molecular complexity index is 1000. The minimum atomic E-state index is -0.829. The van der Waals surface area contributed by atoms with E-state index >= 15 is 0 Å². The molecule has 9 heteroatoms. The van der Waals surface area contributed by atoms with Gasteiger partial charge in [0.25, 0.3) is 0 Å². The monoisotopic (exact) mass is 548 g/mol. The average molecular weight is 549 g/mol. The predicted molar refractivity (Wildman–Crippen MR) is 136 cm³/mol. The lowest BCUT2D eigenvalue weighted by atomic mass is 10.0. The third-order valence-electron chi connectivity index (χ3n) is 4.56. The summed E-state index contributed by atoms with van der Waals surface area (Å²) < 4.78 is 16.5. The van der Waals surface area contributed by atoms with Crippen molar-refractivity contribution in [2.45, 2.75) is 59.3 Å². The van der Waals surface area contributed by atoms with E-state index in [1.807, 2.05) is 38.1 Å². The SMILES string of the molecule is CC(C)CNC(=O)C(Cc1ccc(OC(=O)OCc2ccccc2Br)cc1)NC(=O)OC(C)(C)C. The van der Waals surface area contributed by atoms with Crippen LogP contribution in [0.2, 0.25) is 0 Å². The molecule has 0 aliphatic carbocycles. The Morgan fingerprint density at radius 2 is 1.66 bits per heavy atom. The molecule has 1 unspecified atom stereocenters. The van der Waals surface area contributed by atoms with E-state index < -0.39 is 23.9 Å². The van der Waals surface area contributed by atoms with Gasteiger partial charge in [-0.25, -0.2) is 9.59 Å². The highest BCUT2D eigenvalue weighted by Gasteiger charge is 2.25. The number of carbonyl (C=O) groups excluding carboxylic acids is 3. The highest BCUT2D eigenvalue weighted by atomic mass is 79.9. The summed E-state index contributed by atoms with van der Waals surface area (Å²) in [5, 5.41) is 5.49. The topological polar surface area (TPSA) is 103 Å². The van der Waals surface area contributed by atoms with Crippen molar-refractivity contribution in [3.05, 3.63) is 64.1 Å². The van der Waals surface area contributed by atoms with Gasteiger partial charge in [-0.2, -0.15) is 0 Å². The van der Waals surface area contributed by atoms with E-state index in [9.17, 15) is 14.4 Å². The van der Waals surface area contributed by atoms with Crippen molar-refractivity contribution in [3.8, 4) is 5.75 Å². The first-order valence-electron chi connectivity index (χ1n) is 11.4. The number of carbonyl (C=O) groups is 3. The van der Waals surface area contributed by atoms with Gasteiger partial charge < -0.3 is 24.8 Å². The van der Waals surface area contributed by atoms with Crippen LogP contribution in [0.3, 0.4) is 0 Å². The van der Waals surface area contributed by atoms with Gasteiger partial charge in [0.1, 0.15) is 24.0 Å². The molecule has 35 heavy (non-hydrogen) atoms. The zero-order valence-corrected chi connectivity index (χ0v) is 22.3. The van der Waals surface area contributed by atoms with E-state index in [1.54, 1.807) is 45.0 Å². The zero-order valence-electron chi connectivity index (χ0n) is 20.7. The third kappa shape index (κ3) is 10.8. The quantitative estimate of drug-likeness (QED) is 0.322. The van der Waals surface area contributed by atoms with Gasteiger partial charge in [-0.3, -0.25) is 4.79 Å². The molecule has 2 amide bonds. The van der Waals surface area contributed by atoms with Crippen LogP contribution < -0.4 is 15.4 Å². The number of hydrogen-bond donors (Lipinski definition) is 2. The standard InChI is InChI=1S/C26H33BrN2O6/c1-17(2)15-28-23(30)22(29-24(31)35-26(3,4)5)14-18-10-12-20(13-11-18)34-25(32)33-16-19-8-6-7-9-21(19)27/h6-13,17,22H,14-16H2,1-5H3,(H,28,30)(H,29,31). The van der Waals surface area contributed by atoms with E-state index in [0.29, 0.717) is 12.3 Å². The summed E-state index contributed by atoms with van der Waals surface area (Å²) >= 11 is 3.40.